The van der Waals surface area contributed by atoms with Crippen LogP contribution in [0.4, 0.5) is 9.39 Å². The molecule has 1 aliphatic carbocycles. The van der Waals surface area contributed by atoms with Crippen molar-refractivity contribution >= 4 is 39.1 Å². The van der Waals surface area contributed by atoms with E-state index in [2.05, 4.69) is 15.3 Å². The summed E-state index contributed by atoms with van der Waals surface area (Å²) < 4.78 is 19.3. The Labute approximate surface area is 206 Å². The number of fused-ring (bicyclic) bond motifs is 2. The van der Waals surface area contributed by atoms with E-state index in [-0.39, 0.29) is 24.1 Å². The lowest BCUT2D eigenvalue weighted by atomic mass is 10.0. The summed E-state index contributed by atoms with van der Waals surface area (Å²) in [6.07, 6.45) is 5.92. The van der Waals surface area contributed by atoms with Crippen molar-refractivity contribution in [3.05, 3.63) is 70.0 Å². The van der Waals surface area contributed by atoms with Gasteiger partial charge in [0.25, 0.3) is 0 Å². The third-order valence-electron chi connectivity index (χ3n) is 6.27. The highest BCUT2D eigenvalue weighted by atomic mass is 32.1. The van der Waals surface area contributed by atoms with Gasteiger partial charge in [-0.3, -0.25) is 9.78 Å². The molecule has 0 unspecified atom stereocenters. The van der Waals surface area contributed by atoms with E-state index in [1.165, 1.54) is 23.5 Å². The van der Waals surface area contributed by atoms with Crippen LogP contribution in [0, 0.1) is 5.82 Å². The zero-order valence-corrected chi connectivity index (χ0v) is 20.3. The highest BCUT2D eigenvalue weighted by molar-refractivity contribution is 7.17. The minimum atomic E-state index is -0.372. The molecule has 0 radical (unpaired) electrons. The molecule has 3 heterocycles. The van der Waals surface area contributed by atoms with Gasteiger partial charge in [0, 0.05) is 28.4 Å². The molecule has 2 N–H and O–H groups in total. The standard InChI is InChI=1S/C27H26FN3O3S/c1-2-34-27(33)24-18-8-5-10-22(18)35-26(24)31-23(32)11-6-7-17-19-15-16(28)12-13-20(19)30-25(17)21-9-3-4-14-29-21/h3-4,9,12-15,30H,2,5-8,10-11H2,1H3,(H,31,32). The topological polar surface area (TPSA) is 84.1 Å². The number of aromatic nitrogens is 2. The third-order valence-corrected chi connectivity index (χ3v) is 7.48. The van der Waals surface area contributed by atoms with Crippen LogP contribution in [-0.2, 0) is 28.8 Å². The van der Waals surface area contributed by atoms with E-state index in [0.717, 1.165) is 57.6 Å². The smallest absolute Gasteiger partial charge is 0.341 e. The van der Waals surface area contributed by atoms with E-state index in [1.807, 2.05) is 18.2 Å². The number of carbonyl (C=O) groups excluding carboxylic acids is 2. The number of ether oxygens (including phenoxy) is 1. The van der Waals surface area contributed by atoms with Crippen LogP contribution in [0.5, 0.6) is 0 Å². The lowest BCUT2D eigenvalue weighted by molar-refractivity contribution is -0.116. The molecule has 0 atom stereocenters. The van der Waals surface area contributed by atoms with E-state index in [4.69, 9.17) is 4.74 Å². The van der Waals surface area contributed by atoms with Crippen molar-refractivity contribution in [1.29, 1.82) is 0 Å². The molecular formula is C27H26FN3O3S. The zero-order chi connectivity index (χ0) is 24.4. The summed E-state index contributed by atoms with van der Waals surface area (Å²) in [5, 5.41) is 4.33. The summed E-state index contributed by atoms with van der Waals surface area (Å²) in [7, 11) is 0. The first-order valence-corrected chi connectivity index (χ1v) is 12.7. The molecule has 0 bridgehead atoms. The third kappa shape index (κ3) is 4.71. The van der Waals surface area contributed by atoms with Gasteiger partial charge in [0.05, 0.1) is 23.6 Å². The Morgan fingerprint density at radius 2 is 2.11 bits per heavy atom. The molecule has 1 aromatic carbocycles. The number of thiophene rings is 1. The van der Waals surface area contributed by atoms with Crippen molar-refractivity contribution in [2.24, 2.45) is 0 Å². The molecule has 3 aromatic heterocycles. The van der Waals surface area contributed by atoms with E-state index >= 15 is 0 Å². The van der Waals surface area contributed by atoms with Crippen molar-refractivity contribution in [3.63, 3.8) is 0 Å². The highest BCUT2D eigenvalue weighted by Gasteiger charge is 2.28. The van der Waals surface area contributed by atoms with Crippen molar-refractivity contribution in [1.82, 2.24) is 9.97 Å². The molecule has 180 valence electrons. The number of halogens is 1. The van der Waals surface area contributed by atoms with E-state index < -0.39 is 0 Å². The van der Waals surface area contributed by atoms with Crippen molar-refractivity contribution in [2.75, 3.05) is 11.9 Å². The minimum Gasteiger partial charge on any atom is -0.462 e. The molecule has 1 amide bonds. The number of aryl methyl sites for hydroxylation is 2. The van der Waals surface area contributed by atoms with Crippen LogP contribution in [0.25, 0.3) is 22.3 Å². The second kappa shape index (κ2) is 10.00. The Balaban J connectivity index is 1.32. The van der Waals surface area contributed by atoms with Gasteiger partial charge in [0.2, 0.25) is 5.91 Å². The fourth-order valence-corrected chi connectivity index (χ4v) is 6.03. The van der Waals surface area contributed by atoms with E-state index in [0.29, 0.717) is 30.0 Å². The Morgan fingerprint density at radius 3 is 2.91 bits per heavy atom. The lowest BCUT2D eigenvalue weighted by Gasteiger charge is -2.08. The summed E-state index contributed by atoms with van der Waals surface area (Å²) >= 11 is 1.48. The number of H-pyrrole nitrogens is 1. The first kappa shape index (κ1) is 23.2. The zero-order valence-electron chi connectivity index (χ0n) is 19.4. The number of carbonyl (C=O) groups is 2. The van der Waals surface area contributed by atoms with Crippen LogP contribution in [-0.4, -0.2) is 28.5 Å². The van der Waals surface area contributed by atoms with Crippen LogP contribution in [0.2, 0.25) is 0 Å². The number of rotatable bonds is 8. The first-order valence-electron chi connectivity index (χ1n) is 11.9. The number of anilines is 1. The molecule has 0 fully saturated rings. The summed E-state index contributed by atoms with van der Waals surface area (Å²) in [4.78, 5) is 34.4. The second-order valence-corrected chi connectivity index (χ2v) is 9.67. The van der Waals surface area contributed by atoms with Gasteiger partial charge in [-0.05, 0) is 80.5 Å². The number of hydrogen-bond donors (Lipinski definition) is 2. The maximum atomic E-state index is 14.0. The van der Waals surface area contributed by atoms with Crippen LogP contribution < -0.4 is 5.32 Å². The number of nitrogens with one attached hydrogen (secondary N) is 2. The number of hydrogen-bond acceptors (Lipinski definition) is 5. The monoisotopic (exact) mass is 491 g/mol. The van der Waals surface area contributed by atoms with Crippen LogP contribution in [0.3, 0.4) is 0 Å². The normalized spacial score (nSPS) is 12.6. The van der Waals surface area contributed by atoms with Crippen LogP contribution >= 0.6 is 11.3 Å². The van der Waals surface area contributed by atoms with Crippen molar-refractivity contribution < 1.29 is 18.7 Å². The molecule has 1 aliphatic rings. The predicted octanol–water partition coefficient (Wildman–Crippen LogP) is 6.06. The number of nitrogens with zero attached hydrogens (tertiary/aromatic N) is 1. The number of pyridine rings is 1. The average Bonchev–Trinajstić information content (AvgIpc) is 3.53. The SMILES string of the molecule is CCOC(=O)c1c(NC(=O)CCCc2c(-c3ccccn3)[nH]c3ccc(F)cc23)sc2c1CCC2. The van der Waals surface area contributed by atoms with Gasteiger partial charge < -0.3 is 15.0 Å². The molecule has 0 aliphatic heterocycles. The summed E-state index contributed by atoms with van der Waals surface area (Å²) in [6, 6.07) is 10.3. The second-order valence-electron chi connectivity index (χ2n) is 8.57. The Bertz CT molecular complexity index is 1390. The number of esters is 1. The Kier molecular flexibility index (Phi) is 6.63. The van der Waals surface area contributed by atoms with Crippen molar-refractivity contribution in [2.45, 2.75) is 45.4 Å². The molecule has 35 heavy (non-hydrogen) atoms. The largest absolute Gasteiger partial charge is 0.462 e. The van der Waals surface area contributed by atoms with E-state index in [1.54, 1.807) is 19.2 Å². The van der Waals surface area contributed by atoms with Crippen molar-refractivity contribution in [3.8, 4) is 11.4 Å². The minimum absolute atomic E-state index is 0.152. The van der Waals surface area contributed by atoms with Gasteiger partial charge in [0.15, 0.2) is 0 Å². The lowest BCUT2D eigenvalue weighted by Crippen LogP contribution is -2.15. The quantitative estimate of drug-likeness (QED) is 0.294. The maximum absolute atomic E-state index is 14.0. The van der Waals surface area contributed by atoms with Gasteiger partial charge in [-0.15, -0.1) is 11.3 Å². The van der Waals surface area contributed by atoms with Gasteiger partial charge in [-0.25, -0.2) is 9.18 Å². The molecule has 0 spiro atoms. The number of aromatic amines is 1. The number of benzene rings is 1. The number of amides is 1. The first-order chi connectivity index (χ1) is 17.0. The maximum Gasteiger partial charge on any atom is 0.341 e. The van der Waals surface area contributed by atoms with Gasteiger partial charge in [0.1, 0.15) is 10.8 Å². The fourth-order valence-electron chi connectivity index (χ4n) is 4.74. The average molecular weight is 492 g/mol. The molecule has 8 heteroatoms. The summed E-state index contributed by atoms with van der Waals surface area (Å²) in [6.45, 7) is 2.07. The molecule has 4 aromatic rings. The van der Waals surface area contributed by atoms with Crippen LogP contribution in [0.15, 0.2) is 42.6 Å². The van der Waals surface area contributed by atoms with Gasteiger partial charge in [-0.2, -0.15) is 0 Å². The van der Waals surface area contributed by atoms with Gasteiger partial charge in [-0.1, -0.05) is 6.07 Å². The highest BCUT2D eigenvalue weighted by Crippen LogP contribution is 2.39. The summed E-state index contributed by atoms with van der Waals surface area (Å²) in [5.74, 6) is -0.829. The van der Waals surface area contributed by atoms with Gasteiger partial charge >= 0.3 is 5.97 Å². The molecule has 6 nitrogen and oxygen atoms in total. The predicted molar refractivity (Wildman–Crippen MR) is 135 cm³/mol. The Morgan fingerprint density at radius 1 is 1.23 bits per heavy atom. The summed E-state index contributed by atoms with van der Waals surface area (Å²) in [5.41, 5.74) is 4.92. The Hall–Kier alpha value is -3.52. The van der Waals surface area contributed by atoms with E-state index in [9.17, 15) is 14.0 Å². The van der Waals surface area contributed by atoms with Crippen LogP contribution in [0.1, 0.15) is 52.5 Å². The molecular weight excluding hydrogens is 465 g/mol. The molecule has 0 saturated carbocycles. The fraction of sp³-hybridized carbons (Fsp3) is 0.296. The molecule has 5 rings (SSSR count). The molecule has 0 saturated heterocycles.